The van der Waals surface area contributed by atoms with Crippen LogP contribution in [-0.2, 0) is 4.79 Å². The molecule has 0 aliphatic carbocycles. The van der Waals surface area contributed by atoms with Crippen molar-refractivity contribution in [1.29, 1.82) is 0 Å². The Balaban J connectivity index is 2.02. The molecule has 1 heterocycles. The first-order valence-corrected chi connectivity index (χ1v) is 7.50. The van der Waals surface area contributed by atoms with E-state index in [0.717, 1.165) is 37.3 Å². The Bertz CT molecular complexity index is 470. The van der Waals surface area contributed by atoms with Crippen molar-refractivity contribution < 1.29 is 4.79 Å². The number of amides is 1. The van der Waals surface area contributed by atoms with Crippen molar-refractivity contribution in [2.45, 2.75) is 32.2 Å². The van der Waals surface area contributed by atoms with Gasteiger partial charge in [0.1, 0.15) is 0 Å². The topological polar surface area (TPSA) is 44.4 Å². The van der Waals surface area contributed by atoms with Crippen LogP contribution >= 0.6 is 11.6 Å². The summed E-state index contributed by atoms with van der Waals surface area (Å²) in [5.74, 6) is 0.0116. The molecule has 0 unspecified atom stereocenters. The predicted octanol–water partition coefficient (Wildman–Crippen LogP) is 3.19. The van der Waals surface area contributed by atoms with Gasteiger partial charge >= 0.3 is 0 Å². The molecule has 110 valence electrons. The zero-order valence-electron chi connectivity index (χ0n) is 12.1. The van der Waals surface area contributed by atoms with E-state index >= 15 is 0 Å². The smallest absolute Gasteiger partial charge is 0.224 e. The first-order chi connectivity index (χ1) is 9.58. The number of rotatable bonds is 4. The number of hydrogen-bond donors (Lipinski definition) is 2. The van der Waals surface area contributed by atoms with Gasteiger partial charge in [0, 0.05) is 18.2 Å². The van der Waals surface area contributed by atoms with Gasteiger partial charge in [0.2, 0.25) is 5.91 Å². The molecular formula is C15H22ClN3O. The highest BCUT2D eigenvalue weighted by Crippen LogP contribution is 2.27. The van der Waals surface area contributed by atoms with E-state index in [9.17, 15) is 4.79 Å². The van der Waals surface area contributed by atoms with Crippen molar-refractivity contribution in [2.75, 3.05) is 30.8 Å². The van der Waals surface area contributed by atoms with Crippen molar-refractivity contribution in [3.63, 3.8) is 0 Å². The van der Waals surface area contributed by atoms with Crippen LogP contribution in [0.15, 0.2) is 18.2 Å². The fourth-order valence-electron chi connectivity index (χ4n) is 2.34. The predicted molar refractivity (Wildman–Crippen MR) is 84.5 cm³/mol. The van der Waals surface area contributed by atoms with Crippen LogP contribution in [0.25, 0.3) is 0 Å². The number of halogens is 1. The number of nitrogens with one attached hydrogen (secondary N) is 2. The molecule has 2 rings (SSSR count). The summed E-state index contributed by atoms with van der Waals surface area (Å²) >= 11 is 6.23. The van der Waals surface area contributed by atoms with Crippen LogP contribution in [0.1, 0.15) is 26.2 Å². The van der Waals surface area contributed by atoms with E-state index in [1.165, 1.54) is 0 Å². The SMILES string of the molecule is CCC(=O)Nc1ccc(Cl)c(NC2CCN(C)CC2)c1. The van der Waals surface area contributed by atoms with Crippen LogP contribution in [-0.4, -0.2) is 37.0 Å². The van der Waals surface area contributed by atoms with Gasteiger partial charge < -0.3 is 15.5 Å². The summed E-state index contributed by atoms with van der Waals surface area (Å²) in [5.41, 5.74) is 1.69. The lowest BCUT2D eigenvalue weighted by Crippen LogP contribution is -2.36. The summed E-state index contributed by atoms with van der Waals surface area (Å²) in [6, 6.07) is 6.01. The minimum Gasteiger partial charge on any atom is -0.381 e. The minimum absolute atomic E-state index is 0.0116. The molecule has 1 aromatic carbocycles. The maximum atomic E-state index is 11.4. The van der Waals surface area contributed by atoms with Gasteiger partial charge in [-0.05, 0) is 51.2 Å². The summed E-state index contributed by atoms with van der Waals surface area (Å²) in [7, 11) is 2.14. The van der Waals surface area contributed by atoms with E-state index in [4.69, 9.17) is 11.6 Å². The molecular weight excluding hydrogens is 274 g/mol. The number of nitrogens with zero attached hydrogens (tertiary/aromatic N) is 1. The van der Waals surface area contributed by atoms with E-state index in [1.54, 1.807) is 0 Å². The van der Waals surface area contributed by atoms with Crippen molar-refractivity contribution in [3.05, 3.63) is 23.2 Å². The number of hydrogen-bond acceptors (Lipinski definition) is 3. The standard InChI is InChI=1S/C15H22ClN3O/c1-3-15(20)18-12-4-5-13(16)14(10-12)17-11-6-8-19(2)9-7-11/h4-5,10-11,17H,3,6-9H2,1-2H3,(H,18,20). The van der Waals surface area contributed by atoms with E-state index in [0.29, 0.717) is 17.5 Å². The van der Waals surface area contributed by atoms with Gasteiger partial charge in [-0.25, -0.2) is 0 Å². The lowest BCUT2D eigenvalue weighted by atomic mass is 10.1. The number of likely N-dealkylation sites (tertiary alicyclic amines) is 1. The Morgan fingerprint density at radius 1 is 1.40 bits per heavy atom. The van der Waals surface area contributed by atoms with Gasteiger partial charge in [0.05, 0.1) is 10.7 Å². The molecule has 0 bridgehead atoms. The highest BCUT2D eigenvalue weighted by atomic mass is 35.5. The molecule has 0 atom stereocenters. The fourth-order valence-corrected chi connectivity index (χ4v) is 2.51. The molecule has 1 fully saturated rings. The van der Waals surface area contributed by atoms with Gasteiger partial charge in [-0.3, -0.25) is 4.79 Å². The van der Waals surface area contributed by atoms with Crippen molar-refractivity contribution in [2.24, 2.45) is 0 Å². The van der Waals surface area contributed by atoms with Gasteiger partial charge in [-0.15, -0.1) is 0 Å². The van der Waals surface area contributed by atoms with Crippen molar-refractivity contribution in [1.82, 2.24) is 4.90 Å². The molecule has 0 spiro atoms. The number of carbonyl (C=O) groups is 1. The van der Waals surface area contributed by atoms with Gasteiger partial charge in [-0.2, -0.15) is 0 Å². The summed E-state index contributed by atoms with van der Waals surface area (Å²) in [6.45, 7) is 4.03. The molecule has 1 aromatic rings. The molecule has 1 aliphatic rings. The normalized spacial score (nSPS) is 16.9. The second-order valence-corrected chi connectivity index (χ2v) is 5.73. The molecule has 1 aliphatic heterocycles. The summed E-state index contributed by atoms with van der Waals surface area (Å²) in [6.07, 6.45) is 2.69. The maximum Gasteiger partial charge on any atom is 0.224 e. The van der Waals surface area contributed by atoms with Gasteiger partial charge in [0.25, 0.3) is 0 Å². The molecule has 0 saturated carbocycles. The molecule has 1 amide bonds. The third kappa shape index (κ3) is 4.12. The number of anilines is 2. The van der Waals surface area contributed by atoms with E-state index in [1.807, 2.05) is 25.1 Å². The van der Waals surface area contributed by atoms with Crippen LogP contribution < -0.4 is 10.6 Å². The minimum atomic E-state index is 0.0116. The average Bonchev–Trinajstić information content (AvgIpc) is 2.45. The molecule has 20 heavy (non-hydrogen) atoms. The molecule has 1 saturated heterocycles. The summed E-state index contributed by atoms with van der Waals surface area (Å²) < 4.78 is 0. The third-order valence-electron chi connectivity index (χ3n) is 3.65. The Hall–Kier alpha value is -1.26. The second kappa shape index (κ2) is 6.95. The molecule has 0 radical (unpaired) electrons. The maximum absolute atomic E-state index is 11.4. The van der Waals surface area contributed by atoms with Crippen molar-refractivity contribution >= 4 is 28.9 Å². The van der Waals surface area contributed by atoms with E-state index in [-0.39, 0.29) is 5.91 Å². The zero-order chi connectivity index (χ0) is 14.5. The summed E-state index contributed by atoms with van der Waals surface area (Å²) in [5, 5.41) is 7.04. The average molecular weight is 296 g/mol. The van der Waals surface area contributed by atoms with E-state index < -0.39 is 0 Å². The monoisotopic (exact) mass is 295 g/mol. The lowest BCUT2D eigenvalue weighted by Gasteiger charge is -2.30. The quantitative estimate of drug-likeness (QED) is 0.896. The Morgan fingerprint density at radius 2 is 2.10 bits per heavy atom. The molecule has 4 nitrogen and oxygen atoms in total. The number of piperidine rings is 1. The Morgan fingerprint density at radius 3 is 2.75 bits per heavy atom. The van der Waals surface area contributed by atoms with Crippen LogP contribution in [0.4, 0.5) is 11.4 Å². The van der Waals surface area contributed by atoms with Crippen LogP contribution in [0.5, 0.6) is 0 Å². The first kappa shape index (κ1) is 15.1. The molecule has 0 aromatic heterocycles. The van der Waals surface area contributed by atoms with Crippen LogP contribution in [0, 0.1) is 0 Å². The number of benzene rings is 1. The third-order valence-corrected chi connectivity index (χ3v) is 3.98. The van der Waals surface area contributed by atoms with Crippen LogP contribution in [0.3, 0.4) is 0 Å². The molecule has 2 N–H and O–H groups in total. The number of carbonyl (C=O) groups excluding carboxylic acids is 1. The van der Waals surface area contributed by atoms with Gasteiger partial charge in [-0.1, -0.05) is 18.5 Å². The lowest BCUT2D eigenvalue weighted by molar-refractivity contribution is -0.115. The van der Waals surface area contributed by atoms with Crippen molar-refractivity contribution in [3.8, 4) is 0 Å². The molecule has 5 heteroatoms. The zero-order valence-corrected chi connectivity index (χ0v) is 12.8. The van der Waals surface area contributed by atoms with E-state index in [2.05, 4.69) is 22.6 Å². The first-order valence-electron chi connectivity index (χ1n) is 7.13. The van der Waals surface area contributed by atoms with Gasteiger partial charge in [0.15, 0.2) is 0 Å². The fraction of sp³-hybridized carbons (Fsp3) is 0.533. The largest absolute Gasteiger partial charge is 0.381 e. The highest BCUT2D eigenvalue weighted by molar-refractivity contribution is 6.33. The Kier molecular flexibility index (Phi) is 5.26. The Labute approximate surface area is 125 Å². The summed E-state index contributed by atoms with van der Waals surface area (Å²) in [4.78, 5) is 13.8. The highest BCUT2D eigenvalue weighted by Gasteiger charge is 2.17. The second-order valence-electron chi connectivity index (χ2n) is 5.32. The van der Waals surface area contributed by atoms with Crippen LogP contribution in [0.2, 0.25) is 5.02 Å².